The van der Waals surface area contributed by atoms with Gasteiger partial charge in [-0.15, -0.1) is 0 Å². The van der Waals surface area contributed by atoms with Gasteiger partial charge in [0.2, 0.25) is 5.91 Å². The van der Waals surface area contributed by atoms with Gasteiger partial charge in [0.05, 0.1) is 10.4 Å². The summed E-state index contributed by atoms with van der Waals surface area (Å²) in [5, 5.41) is 2.60. The van der Waals surface area contributed by atoms with Gasteiger partial charge in [0, 0.05) is 20.1 Å². The fraction of sp³-hybridized carbons (Fsp3) is 0.600. The van der Waals surface area contributed by atoms with Crippen LogP contribution in [0.5, 0.6) is 0 Å². The summed E-state index contributed by atoms with van der Waals surface area (Å²) in [6.45, 7) is 6.18. The molecular formula is C10H15ClN2O2. The van der Waals surface area contributed by atoms with Gasteiger partial charge in [0.25, 0.3) is 5.91 Å². The molecule has 0 saturated carbocycles. The van der Waals surface area contributed by atoms with Crippen LogP contribution in [0.15, 0.2) is 11.6 Å². The summed E-state index contributed by atoms with van der Waals surface area (Å²) in [5.41, 5.74) is -0.503. The number of rotatable bonds is 2. The van der Waals surface area contributed by atoms with E-state index < -0.39 is 5.41 Å². The maximum absolute atomic E-state index is 11.6. The summed E-state index contributed by atoms with van der Waals surface area (Å²) in [6, 6.07) is 0. The molecular weight excluding hydrogens is 216 g/mol. The fourth-order valence-electron chi connectivity index (χ4n) is 1.79. The number of nitrogens with zero attached hydrogens (tertiary/aromatic N) is 1. The molecule has 0 aromatic heterocycles. The van der Waals surface area contributed by atoms with Crippen LogP contribution in [0.25, 0.3) is 0 Å². The molecule has 4 nitrogen and oxygen atoms in total. The molecule has 1 atom stereocenters. The Balaban J connectivity index is 2.70. The topological polar surface area (TPSA) is 49.4 Å². The third-order valence-corrected chi connectivity index (χ3v) is 2.93. The Bertz CT molecular complexity index is 317. The van der Waals surface area contributed by atoms with Crippen LogP contribution in [-0.2, 0) is 9.59 Å². The highest BCUT2D eigenvalue weighted by atomic mass is 35.5. The average Bonchev–Trinajstić information content (AvgIpc) is 2.59. The zero-order valence-corrected chi connectivity index (χ0v) is 9.73. The van der Waals surface area contributed by atoms with E-state index in [2.05, 4.69) is 11.9 Å². The summed E-state index contributed by atoms with van der Waals surface area (Å²) in [7, 11) is 1.60. The first kappa shape index (κ1) is 12.0. The number of hydrogen-bond acceptors (Lipinski definition) is 2. The van der Waals surface area contributed by atoms with Crippen molar-refractivity contribution in [2.75, 3.05) is 20.1 Å². The zero-order chi connectivity index (χ0) is 11.6. The van der Waals surface area contributed by atoms with E-state index in [1.165, 1.54) is 0 Å². The van der Waals surface area contributed by atoms with Gasteiger partial charge in [-0.2, -0.15) is 0 Å². The largest absolute Gasteiger partial charge is 0.359 e. The third kappa shape index (κ3) is 2.31. The Morgan fingerprint density at radius 2 is 2.13 bits per heavy atom. The van der Waals surface area contributed by atoms with Crippen molar-refractivity contribution < 1.29 is 9.59 Å². The molecule has 1 fully saturated rings. The van der Waals surface area contributed by atoms with Crippen molar-refractivity contribution in [2.45, 2.75) is 13.3 Å². The Morgan fingerprint density at radius 3 is 2.60 bits per heavy atom. The first-order chi connectivity index (χ1) is 6.90. The number of hydrogen-bond donors (Lipinski definition) is 1. The molecule has 1 N–H and O–H groups in total. The van der Waals surface area contributed by atoms with Crippen molar-refractivity contribution in [3.63, 3.8) is 0 Å². The number of amides is 2. The van der Waals surface area contributed by atoms with E-state index in [1.54, 1.807) is 11.9 Å². The van der Waals surface area contributed by atoms with Crippen LogP contribution in [-0.4, -0.2) is 36.9 Å². The van der Waals surface area contributed by atoms with Crippen molar-refractivity contribution in [1.29, 1.82) is 0 Å². The summed E-state index contributed by atoms with van der Waals surface area (Å²) >= 11 is 5.53. The maximum Gasteiger partial charge on any atom is 0.264 e. The molecule has 1 aliphatic rings. The molecule has 0 radical (unpaired) electrons. The molecule has 2 amide bonds. The minimum atomic E-state index is -0.503. The van der Waals surface area contributed by atoms with Gasteiger partial charge >= 0.3 is 0 Å². The Hall–Kier alpha value is -1.03. The monoisotopic (exact) mass is 230 g/mol. The van der Waals surface area contributed by atoms with E-state index in [0.29, 0.717) is 19.5 Å². The van der Waals surface area contributed by atoms with Gasteiger partial charge in [-0.25, -0.2) is 0 Å². The molecule has 1 heterocycles. The van der Waals surface area contributed by atoms with E-state index in [1.807, 2.05) is 6.92 Å². The Labute approximate surface area is 94.3 Å². The standard InChI is InChI=1S/C10H15ClN2O2/c1-7(11)8(14)13-5-4-10(2,6-13)9(15)12-3/h1,4-6H2,2-3H3,(H,12,15). The Morgan fingerprint density at radius 1 is 1.53 bits per heavy atom. The lowest BCUT2D eigenvalue weighted by Gasteiger charge is -2.22. The smallest absolute Gasteiger partial charge is 0.264 e. The molecule has 84 valence electrons. The van der Waals surface area contributed by atoms with Gasteiger partial charge in [0.15, 0.2) is 0 Å². The normalized spacial score (nSPS) is 25.1. The lowest BCUT2D eigenvalue weighted by molar-refractivity contribution is -0.130. The summed E-state index contributed by atoms with van der Waals surface area (Å²) in [4.78, 5) is 24.6. The summed E-state index contributed by atoms with van der Waals surface area (Å²) in [5.74, 6) is -0.331. The van der Waals surface area contributed by atoms with Gasteiger partial charge in [-0.3, -0.25) is 9.59 Å². The molecule has 0 aromatic carbocycles. The van der Waals surface area contributed by atoms with Crippen molar-refractivity contribution in [1.82, 2.24) is 10.2 Å². The van der Waals surface area contributed by atoms with Crippen LogP contribution in [0.3, 0.4) is 0 Å². The predicted molar refractivity (Wildman–Crippen MR) is 58.4 cm³/mol. The summed E-state index contributed by atoms with van der Waals surface area (Å²) in [6.07, 6.45) is 0.655. The van der Waals surface area contributed by atoms with Gasteiger partial charge in [-0.05, 0) is 13.3 Å². The molecule has 15 heavy (non-hydrogen) atoms. The van der Waals surface area contributed by atoms with Gasteiger partial charge in [-0.1, -0.05) is 18.2 Å². The lowest BCUT2D eigenvalue weighted by Crippen LogP contribution is -2.40. The van der Waals surface area contributed by atoms with E-state index >= 15 is 0 Å². The predicted octanol–water partition coefficient (Wildman–Crippen LogP) is 0.723. The Kier molecular flexibility index (Phi) is 3.39. The van der Waals surface area contributed by atoms with Gasteiger partial charge < -0.3 is 10.2 Å². The number of carbonyl (C=O) groups is 2. The highest BCUT2D eigenvalue weighted by Crippen LogP contribution is 2.30. The van der Waals surface area contributed by atoms with E-state index in [4.69, 9.17) is 11.6 Å². The van der Waals surface area contributed by atoms with Crippen LogP contribution in [0.2, 0.25) is 0 Å². The third-order valence-electron chi connectivity index (χ3n) is 2.77. The van der Waals surface area contributed by atoms with Crippen molar-refractivity contribution in [3.8, 4) is 0 Å². The molecule has 1 unspecified atom stereocenters. The van der Waals surface area contributed by atoms with Crippen molar-refractivity contribution in [3.05, 3.63) is 11.6 Å². The summed E-state index contributed by atoms with van der Waals surface area (Å²) < 4.78 is 0. The SMILES string of the molecule is C=C(Cl)C(=O)N1CCC(C)(C(=O)NC)C1. The van der Waals surface area contributed by atoms with Crippen LogP contribution in [0, 0.1) is 5.41 Å². The molecule has 1 saturated heterocycles. The van der Waals surface area contributed by atoms with E-state index in [9.17, 15) is 9.59 Å². The molecule has 0 bridgehead atoms. The second-order valence-corrected chi connectivity index (χ2v) is 4.48. The molecule has 0 aromatic rings. The molecule has 1 rings (SSSR count). The van der Waals surface area contributed by atoms with Gasteiger partial charge in [0.1, 0.15) is 0 Å². The lowest BCUT2D eigenvalue weighted by atomic mass is 9.89. The number of nitrogens with one attached hydrogen (secondary N) is 1. The molecule has 5 heteroatoms. The quantitative estimate of drug-likeness (QED) is 0.711. The van der Waals surface area contributed by atoms with Crippen LogP contribution in [0.4, 0.5) is 0 Å². The maximum atomic E-state index is 11.6. The zero-order valence-electron chi connectivity index (χ0n) is 8.97. The highest BCUT2D eigenvalue weighted by molar-refractivity contribution is 6.41. The minimum absolute atomic E-state index is 0.00356. The molecule has 0 spiro atoms. The van der Waals surface area contributed by atoms with E-state index in [-0.39, 0.29) is 16.8 Å². The average molecular weight is 231 g/mol. The van der Waals surface area contributed by atoms with E-state index in [0.717, 1.165) is 0 Å². The van der Waals surface area contributed by atoms with Crippen LogP contribution >= 0.6 is 11.6 Å². The molecule has 1 aliphatic heterocycles. The number of likely N-dealkylation sites (tertiary alicyclic amines) is 1. The number of halogens is 1. The minimum Gasteiger partial charge on any atom is -0.359 e. The van der Waals surface area contributed by atoms with Crippen LogP contribution < -0.4 is 5.32 Å². The molecule has 0 aliphatic carbocycles. The van der Waals surface area contributed by atoms with Crippen LogP contribution in [0.1, 0.15) is 13.3 Å². The second-order valence-electron chi connectivity index (χ2n) is 4.02. The number of carbonyl (C=O) groups excluding carboxylic acids is 2. The highest BCUT2D eigenvalue weighted by Gasteiger charge is 2.41. The second kappa shape index (κ2) is 4.23. The first-order valence-corrected chi connectivity index (χ1v) is 5.14. The fourth-order valence-corrected chi connectivity index (χ4v) is 1.91. The van der Waals surface area contributed by atoms with Crippen molar-refractivity contribution in [2.24, 2.45) is 5.41 Å². The first-order valence-electron chi connectivity index (χ1n) is 4.76. The van der Waals surface area contributed by atoms with Crippen molar-refractivity contribution >= 4 is 23.4 Å².